The molecule has 2 amide bonds. The highest BCUT2D eigenvalue weighted by atomic mass is 16.6. The second-order valence-electron chi connectivity index (χ2n) is 10.5. The number of rotatable bonds is 4. The minimum absolute atomic E-state index is 0.121. The molecule has 1 saturated carbocycles. The van der Waals surface area contributed by atoms with Crippen molar-refractivity contribution in [1.82, 2.24) is 15.5 Å². The first-order valence-corrected chi connectivity index (χ1v) is 12.9. The van der Waals surface area contributed by atoms with E-state index in [1.54, 1.807) is 11.1 Å². The van der Waals surface area contributed by atoms with Gasteiger partial charge in [-0.1, -0.05) is 57.8 Å². The van der Waals surface area contributed by atoms with Gasteiger partial charge in [-0.2, -0.15) is 5.26 Å². The van der Waals surface area contributed by atoms with Gasteiger partial charge in [0.1, 0.15) is 17.2 Å². The van der Waals surface area contributed by atoms with Crippen LogP contribution in [0, 0.1) is 11.3 Å². The van der Waals surface area contributed by atoms with Crippen LogP contribution in [0.3, 0.4) is 0 Å². The van der Waals surface area contributed by atoms with Crippen molar-refractivity contribution in [2.24, 2.45) is 0 Å². The molecule has 0 radical (unpaired) electrons. The monoisotopic (exact) mass is 460 g/mol. The number of nitrogens with one attached hydrogen (secondary N) is 2. The average molecular weight is 461 g/mol. The van der Waals surface area contributed by atoms with Crippen molar-refractivity contribution in [2.75, 3.05) is 13.1 Å². The summed E-state index contributed by atoms with van der Waals surface area (Å²) in [5.74, 6) is -0.284. The van der Waals surface area contributed by atoms with Crippen LogP contribution in [-0.4, -0.2) is 47.7 Å². The standard InChI is InChI=1S/C26H44N4O3/c1-26(2,3)33-25(32)30-17-15-22(16-18-30)28-20-21(19-27)24(31)29-23-13-11-9-7-5-4-6-8-10-12-14-23/h20,22-23,28H,4-18H2,1-3H3,(H,29,31)/b21-20-. The summed E-state index contributed by atoms with van der Waals surface area (Å²) in [6.07, 6.45) is 16.0. The molecule has 2 aliphatic rings. The Hall–Kier alpha value is -2.23. The molecule has 1 aliphatic heterocycles. The van der Waals surface area contributed by atoms with Crippen molar-refractivity contribution < 1.29 is 14.3 Å². The highest BCUT2D eigenvalue weighted by Crippen LogP contribution is 2.18. The molecule has 33 heavy (non-hydrogen) atoms. The maximum absolute atomic E-state index is 12.8. The highest BCUT2D eigenvalue weighted by molar-refractivity contribution is 5.97. The van der Waals surface area contributed by atoms with Gasteiger partial charge in [0.05, 0.1) is 0 Å². The molecular formula is C26H44N4O3. The summed E-state index contributed by atoms with van der Waals surface area (Å²) >= 11 is 0. The molecule has 186 valence electrons. The molecule has 7 nitrogen and oxygen atoms in total. The van der Waals surface area contributed by atoms with Crippen molar-refractivity contribution >= 4 is 12.0 Å². The molecule has 2 fully saturated rings. The lowest BCUT2D eigenvalue weighted by molar-refractivity contribution is -0.117. The molecule has 0 aromatic heterocycles. The number of carbonyl (C=O) groups excluding carboxylic acids is 2. The fourth-order valence-corrected chi connectivity index (χ4v) is 4.48. The summed E-state index contributed by atoms with van der Waals surface area (Å²) in [6.45, 7) is 6.77. The lowest BCUT2D eigenvalue weighted by Gasteiger charge is -2.33. The summed E-state index contributed by atoms with van der Waals surface area (Å²) in [5.41, 5.74) is -0.382. The van der Waals surface area contributed by atoms with Crippen molar-refractivity contribution in [3.63, 3.8) is 0 Å². The SMILES string of the molecule is CC(C)(C)OC(=O)N1CCC(N/C=C(/C#N)C(=O)NC2CCCCCCCCCCC2)CC1. The lowest BCUT2D eigenvalue weighted by Crippen LogP contribution is -2.45. The second kappa shape index (κ2) is 14.1. The molecule has 1 saturated heterocycles. The molecule has 1 aliphatic carbocycles. The third-order valence-corrected chi connectivity index (χ3v) is 6.42. The Morgan fingerprint density at radius 2 is 1.39 bits per heavy atom. The third-order valence-electron chi connectivity index (χ3n) is 6.42. The largest absolute Gasteiger partial charge is 0.444 e. The fourth-order valence-electron chi connectivity index (χ4n) is 4.48. The van der Waals surface area contributed by atoms with Gasteiger partial charge in [0.15, 0.2) is 0 Å². The Morgan fingerprint density at radius 3 is 1.88 bits per heavy atom. The maximum Gasteiger partial charge on any atom is 0.410 e. The van der Waals surface area contributed by atoms with Gasteiger partial charge in [-0.3, -0.25) is 4.79 Å². The van der Waals surface area contributed by atoms with E-state index >= 15 is 0 Å². The van der Waals surface area contributed by atoms with Crippen LogP contribution >= 0.6 is 0 Å². The van der Waals surface area contributed by atoms with Crippen LogP contribution in [0.5, 0.6) is 0 Å². The number of ether oxygens (including phenoxy) is 1. The van der Waals surface area contributed by atoms with Gasteiger partial charge in [0, 0.05) is 31.4 Å². The van der Waals surface area contributed by atoms with E-state index in [0.717, 1.165) is 38.5 Å². The van der Waals surface area contributed by atoms with Crippen LogP contribution in [0.2, 0.25) is 0 Å². The van der Waals surface area contributed by atoms with Crippen LogP contribution in [-0.2, 0) is 9.53 Å². The zero-order valence-corrected chi connectivity index (χ0v) is 21.0. The summed E-state index contributed by atoms with van der Waals surface area (Å²) < 4.78 is 5.43. The molecule has 0 aromatic rings. The van der Waals surface area contributed by atoms with E-state index in [9.17, 15) is 14.9 Å². The number of amides is 2. The zero-order valence-electron chi connectivity index (χ0n) is 21.0. The second-order valence-corrected chi connectivity index (χ2v) is 10.5. The molecule has 1 heterocycles. The quantitative estimate of drug-likeness (QED) is 0.446. The molecule has 2 N–H and O–H groups in total. The predicted molar refractivity (Wildman–Crippen MR) is 130 cm³/mol. The number of nitrogens with zero attached hydrogens (tertiary/aromatic N) is 2. The summed E-state index contributed by atoms with van der Waals surface area (Å²) in [5, 5.41) is 15.9. The Kier molecular flexibility index (Phi) is 11.6. The lowest BCUT2D eigenvalue weighted by atomic mass is 9.97. The van der Waals surface area contributed by atoms with Gasteiger partial charge in [-0.05, 0) is 46.5 Å². The first-order valence-electron chi connectivity index (χ1n) is 12.9. The number of hydrogen-bond donors (Lipinski definition) is 2. The Morgan fingerprint density at radius 1 is 0.879 bits per heavy atom. The molecule has 0 aromatic carbocycles. The minimum Gasteiger partial charge on any atom is -0.444 e. The molecule has 0 bridgehead atoms. The van der Waals surface area contributed by atoms with Crippen LogP contribution in [0.15, 0.2) is 11.8 Å². The predicted octanol–water partition coefficient (Wildman–Crippen LogP) is 5.17. The summed E-state index contributed by atoms with van der Waals surface area (Å²) in [4.78, 5) is 26.7. The van der Waals surface area contributed by atoms with E-state index in [0.29, 0.717) is 13.1 Å². The highest BCUT2D eigenvalue weighted by Gasteiger charge is 2.26. The number of nitriles is 1. The first-order chi connectivity index (χ1) is 15.8. The third kappa shape index (κ3) is 11.0. The van der Waals surface area contributed by atoms with Gasteiger partial charge in [-0.25, -0.2) is 4.79 Å². The molecule has 0 unspecified atom stereocenters. The number of hydrogen-bond acceptors (Lipinski definition) is 5. The number of piperidine rings is 1. The van der Waals surface area contributed by atoms with Crippen LogP contribution in [0.25, 0.3) is 0 Å². The maximum atomic E-state index is 12.8. The molecular weight excluding hydrogens is 416 g/mol. The van der Waals surface area contributed by atoms with Crippen LogP contribution in [0.4, 0.5) is 4.79 Å². The fraction of sp³-hybridized carbons (Fsp3) is 0.808. The van der Waals surface area contributed by atoms with E-state index in [1.807, 2.05) is 20.8 Å². The van der Waals surface area contributed by atoms with Gasteiger partial charge < -0.3 is 20.3 Å². The van der Waals surface area contributed by atoms with Crippen molar-refractivity contribution in [2.45, 2.75) is 122 Å². The number of likely N-dealkylation sites (tertiary alicyclic amines) is 1. The van der Waals surface area contributed by atoms with Crippen LogP contribution in [0.1, 0.15) is 104 Å². The van der Waals surface area contributed by atoms with E-state index in [1.165, 1.54) is 44.9 Å². The average Bonchev–Trinajstić information content (AvgIpc) is 2.75. The molecule has 7 heteroatoms. The molecule has 2 rings (SSSR count). The zero-order chi connectivity index (χ0) is 24.1. The summed E-state index contributed by atoms with van der Waals surface area (Å²) in [7, 11) is 0. The topological polar surface area (TPSA) is 94.5 Å². The van der Waals surface area contributed by atoms with E-state index < -0.39 is 5.60 Å². The Labute approximate surface area is 200 Å². The Balaban J connectivity index is 1.81. The summed E-state index contributed by atoms with van der Waals surface area (Å²) in [6, 6.07) is 2.32. The normalized spacial score (nSPS) is 20.7. The van der Waals surface area contributed by atoms with Gasteiger partial charge >= 0.3 is 6.09 Å². The smallest absolute Gasteiger partial charge is 0.410 e. The molecule has 0 spiro atoms. The van der Waals surface area contributed by atoms with E-state index in [2.05, 4.69) is 16.7 Å². The van der Waals surface area contributed by atoms with Crippen LogP contribution < -0.4 is 10.6 Å². The van der Waals surface area contributed by atoms with Crippen molar-refractivity contribution in [1.29, 1.82) is 5.26 Å². The first kappa shape index (κ1) is 27.0. The number of carbonyl (C=O) groups is 2. The van der Waals surface area contributed by atoms with Crippen molar-refractivity contribution in [3.05, 3.63) is 11.8 Å². The van der Waals surface area contributed by atoms with E-state index in [-0.39, 0.29) is 29.7 Å². The molecule has 0 atom stereocenters. The van der Waals surface area contributed by atoms with Gasteiger partial charge in [-0.15, -0.1) is 0 Å². The Bertz CT molecular complexity index is 673. The van der Waals surface area contributed by atoms with Gasteiger partial charge in [0.2, 0.25) is 0 Å². The van der Waals surface area contributed by atoms with E-state index in [4.69, 9.17) is 4.74 Å². The van der Waals surface area contributed by atoms with Crippen molar-refractivity contribution in [3.8, 4) is 6.07 Å². The minimum atomic E-state index is -0.503. The van der Waals surface area contributed by atoms with Gasteiger partial charge in [0.25, 0.3) is 5.91 Å².